The van der Waals surface area contributed by atoms with Gasteiger partial charge in [0.05, 0.1) is 6.42 Å². The Kier molecular flexibility index (Phi) is 7.96. The van der Waals surface area contributed by atoms with Crippen molar-refractivity contribution in [3.63, 3.8) is 0 Å². The Bertz CT molecular complexity index is 546. The van der Waals surface area contributed by atoms with Crippen molar-refractivity contribution in [3.05, 3.63) is 35.4 Å². The third-order valence-corrected chi connectivity index (χ3v) is 4.75. The second kappa shape index (κ2) is 10.2. The lowest BCUT2D eigenvalue weighted by molar-refractivity contribution is -0.126. The van der Waals surface area contributed by atoms with Gasteiger partial charge in [0.2, 0.25) is 11.8 Å². The third kappa shape index (κ3) is 7.29. The van der Waals surface area contributed by atoms with Crippen LogP contribution in [0.4, 0.5) is 0 Å². The number of carbonyl (C=O) groups excluding carboxylic acids is 2. The van der Waals surface area contributed by atoms with E-state index in [2.05, 4.69) is 36.6 Å². The molecule has 4 nitrogen and oxygen atoms in total. The molecule has 0 saturated heterocycles. The molecule has 25 heavy (non-hydrogen) atoms. The number of amides is 2. The highest BCUT2D eigenvalue weighted by molar-refractivity contribution is 5.79. The van der Waals surface area contributed by atoms with Gasteiger partial charge in [0.25, 0.3) is 0 Å². The molecule has 0 spiro atoms. The van der Waals surface area contributed by atoms with Gasteiger partial charge in [-0.1, -0.05) is 57.4 Å². The van der Waals surface area contributed by atoms with Crippen LogP contribution < -0.4 is 10.6 Å². The van der Waals surface area contributed by atoms with Crippen LogP contribution >= 0.6 is 0 Å². The van der Waals surface area contributed by atoms with Crippen LogP contribution in [0.3, 0.4) is 0 Å². The van der Waals surface area contributed by atoms with Crippen LogP contribution in [0.1, 0.15) is 57.1 Å². The SMILES string of the molecule is CC(C)Cc1ccc(CC(=O)NCCNC(=O)C2CCCCC2)cc1. The van der Waals surface area contributed by atoms with Crippen molar-refractivity contribution in [3.8, 4) is 0 Å². The number of hydrogen-bond donors (Lipinski definition) is 2. The van der Waals surface area contributed by atoms with Gasteiger partial charge in [-0.3, -0.25) is 9.59 Å². The standard InChI is InChI=1S/C21H32N2O2/c1-16(2)14-17-8-10-18(11-9-17)15-20(24)22-12-13-23-21(25)19-6-4-3-5-7-19/h8-11,16,19H,3-7,12-15H2,1-2H3,(H,22,24)(H,23,25). The lowest BCUT2D eigenvalue weighted by Crippen LogP contribution is -2.38. The zero-order chi connectivity index (χ0) is 18.1. The van der Waals surface area contributed by atoms with Crippen LogP contribution in [0.5, 0.6) is 0 Å². The van der Waals surface area contributed by atoms with Crippen LogP contribution in [-0.2, 0) is 22.4 Å². The van der Waals surface area contributed by atoms with Gasteiger partial charge in [-0.05, 0) is 36.3 Å². The maximum atomic E-state index is 12.0. The molecule has 0 atom stereocenters. The van der Waals surface area contributed by atoms with Crippen molar-refractivity contribution in [2.24, 2.45) is 11.8 Å². The average Bonchev–Trinajstić information content (AvgIpc) is 2.60. The van der Waals surface area contributed by atoms with Gasteiger partial charge in [0.15, 0.2) is 0 Å². The van der Waals surface area contributed by atoms with Crippen LogP contribution in [0.15, 0.2) is 24.3 Å². The molecule has 2 amide bonds. The highest BCUT2D eigenvalue weighted by Gasteiger charge is 2.20. The minimum atomic E-state index is 0.00326. The van der Waals surface area contributed by atoms with Gasteiger partial charge in [-0.25, -0.2) is 0 Å². The Balaban J connectivity index is 1.62. The highest BCUT2D eigenvalue weighted by Crippen LogP contribution is 2.23. The molecule has 4 heteroatoms. The fraction of sp³-hybridized carbons (Fsp3) is 0.619. The van der Waals surface area contributed by atoms with Crippen molar-refractivity contribution in [2.75, 3.05) is 13.1 Å². The Labute approximate surface area is 151 Å². The zero-order valence-corrected chi connectivity index (χ0v) is 15.6. The summed E-state index contributed by atoms with van der Waals surface area (Å²) in [5.74, 6) is 0.963. The fourth-order valence-electron chi connectivity index (χ4n) is 3.41. The summed E-state index contributed by atoms with van der Waals surface area (Å²) in [4.78, 5) is 24.0. The van der Waals surface area contributed by atoms with Crippen molar-refractivity contribution in [1.29, 1.82) is 0 Å². The van der Waals surface area contributed by atoms with Gasteiger partial charge in [-0.2, -0.15) is 0 Å². The second-order valence-electron chi connectivity index (χ2n) is 7.57. The van der Waals surface area contributed by atoms with E-state index in [1.165, 1.54) is 12.0 Å². The van der Waals surface area contributed by atoms with Gasteiger partial charge >= 0.3 is 0 Å². The number of nitrogens with one attached hydrogen (secondary N) is 2. The Hall–Kier alpha value is -1.84. The van der Waals surface area contributed by atoms with E-state index in [0.717, 1.165) is 37.7 Å². The van der Waals surface area contributed by atoms with Crippen LogP contribution in [0.25, 0.3) is 0 Å². The summed E-state index contributed by atoms with van der Waals surface area (Å²) in [5.41, 5.74) is 2.33. The highest BCUT2D eigenvalue weighted by atomic mass is 16.2. The quantitative estimate of drug-likeness (QED) is 0.711. The number of benzene rings is 1. The molecule has 1 saturated carbocycles. The lowest BCUT2D eigenvalue weighted by Gasteiger charge is -2.20. The van der Waals surface area contributed by atoms with Crippen molar-refractivity contribution < 1.29 is 9.59 Å². The Morgan fingerprint density at radius 1 is 0.960 bits per heavy atom. The first-order valence-electron chi connectivity index (χ1n) is 9.67. The van der Waals surface area contributed by atoms with Gasteiger partial charge in [-0.15, -0.1) is 0 Å². The number of rotatable bonds is 8. The predicted octanol–water partition coefficient (Wildman–Crippen LogP) is 3.24. The first-order chi connectivity index (χ1) is 12.0. The number of carbonyl (C=O) groups is 2. The number of hydrogen-bond acceptors (Lipinski definition) is 2. The maximum absolute atomic E-state index is 12.0. The molecule has 1 aliphatic carbocycles. The summed E-state index contributed by atoms with van der Waals surface area (Å²) in [6, 6.07) is 8.27. The van der Waals surface area contributed by atoms with E-state index in [1.54, 1.807) is 0 Å². The first kappa shape index (κ1) is 19.5. The average molecular weight is 344 g/mol. The third-order valence-electron chi connectivity index (χ3n) is 4.75. The van der Waals surface area contributed by atoms with Gasteiger partial charge in [0.1, 0.15) is 0 Å². The summed E-state index contributed by atoms with van der Waals surface area (Å²) in [6.45, 7) is 5.40. The molecule has 1 aromatic carbocycles. The van der Waals surface area contributed by atoms with E-state index < -0.39 is 0 Å². The van der Waals surface area contributed by atoms with Crippen LogP contribution in [0, 0.1) is 11.8 Å². The van der Waals surface area contributed by atoms with E-state index in [4.69, 9.17) is 0 Å². The van der Waals surface area contributed by atoms with Crippen molar-refractivity contribution in [1.82, 2.24) is 10.6 Å². The second-order valence-corrected chi connectivity index (χ2v) is 7.57. The van der Waals surface area contributed by atoms with E-state index in [0.29, 0.717) is 25.4 Å². The van der Waals surface area contributed by atoms with Gasteiger partial charge in [0, 0.05) is 19.0 Å². The predicted molar refractivity (Wildman–Crippen MR) is 101 cm³/mol. The Morgan fingerprint density at radius 3 is 2.20 bits per heavy atom. The summed E-state index contributed by atoms with van der Waals surface area (Å²) in [5, 5.41) is 5.83. The van der Waals surface area contributed by atoms with Gasteiger partial charge < -0.3 is 10.6 Å². The molecular weight excluding hydrogens is 312 g/mol. The van der Waals surface area contributed by atoms with E-state index in [1.807, 2.05) is 12.1 Å². The smallest absolute Gasteiger partial charge is 0.224 e. The van der Waals surface area contributed by atoms with E-state index >= 15 is 0 Å². The molecule has 2 rings (SSSR count). The topological polar surface area (TPSA) is 58.2 Å². The molecule has 1 fully saturated rings. The van der Waals surface area contributed by atoms with E-state index in [-0.39, 0.29) is 17.7 Å². The molecule has 0 heterocycles. The summed E-state index contributed by atoms with van der Waals surface area (Å²) in [7, 11) is 0. The van der Waals surface area contributed by atoms with Crippen LogP contribution in [0.2, 0.25) is 0 Å². The normalized spacial score (nSPS) is 15.2. The summed E-state index contributed by atoms with van der Waals surface area (Å²) >= 11 is 0. The molecule has 0 bridgehead atoms. The summed E-state index contributed by atoms with van der Waals surface area (Å²) < 4.78 is 0. The molecule has 0 radical (unpaired) electrons. The van der Waals surface area contributed by atoms with E-state index in [9.17, 15) is 9.59 Å². The van der Waals surface area contributed by atoms with Crippen molar-refractivity contribution >= 4 is 11.8 Å². The lowest BCUT2D eigenvalue weighted by atomic mass is 9.89. The first-order valence-corrected chi connectivity index (χ1v) is 9.67. The molecular formula is C21H32N2O2. The minimum absolute atomic E-state index is 0.00326. The molecule has 0 unspecified atom stereocenters. The molecule has 1 aliphatic rings. The van der Waals surface area contributed by atoms with Crippen molar-refractivity contribution in [2.45, 2.75) is 58.8 Å². The molecule has 1 aromatic rings. The molecule has 2 N–H and O–H groups in total. The fourth-order valence-corrected chi connectivity index (χ4v) is 3.41. The minimum Gasteiger partial charge on any atom is -0.354 e. The Morgan fingerprint density at radius 2 is 1.56 bits per heavy atom. The maximum Gasteiger partial charge on any atom is 0.224 e. The molecule has 0 aromatic heterocycles. The monoisotopic (exact) mass is 344 g/mol. The zero-order valence-electron chi connectivity index (χ0n) is 15.6. The summed E-state index contributed by atoms with van der Waals surface area (Å²) in [6.07, 6.45) is 7.02. The van der Waals surface area contributed by atoms with Crippen LogP contribution in [-0.4, -0.2) is 24.9 Å². The largest absolute Gasteiger partial charge is 0.354 e. The molecule has 0 aliphatic heterocycles. The molecule has 138 valence electrons.